The molecule has 3 N–H and O–H groups in total. The van der Waals surface area contributed by atoms with Crippen molar-refractivity contribution in [2.75, 3.05) is 11.5 Å². The molecule has 13 heavy (non-hydrogen) atoms. The number of carbonyl (C=O) groups is 1. The molecule has 0 aromatic rings. The van der Waals surface area contributed by atoms with Crippen molar-refractivity contribution in [3.05, 3.63) is 0 Å². The van der Waals surface area contributed by atoms with Crippen LogP contribution in [0.1, 0.15) is 20.3 Å². The highest BCUT2D eigenvalue weighted by Gasteiger charge is 2.25. The summed E-state index contributed by atoms with van der Waals surface area (Å²) in [6, 6.07) is 0.320. The van der Waals surface area contributed by atoms with Crippen LogP contribution in [0.3, 0.4) is 0 Å². The number of rotatable bonds is 3. The minimum Gasteiger partial charge on any atom is -0.352 e. The van der Waals surface area contributed by atoms with Crippen LogP contribution in [0.4, 0.5) is 0 Å². The predicted octanol–water partition coefficient (Wildman–Crippen LogP) is 0.591. The zero-order chi connectivity index (χ0) is 9.84. The van der Waals surface area contributed by atoms with E-state index in [1.54, 1.807) is 0 Å². The Morgan fingerprint density at radius 2 is 2.38 bits per heavy atom. The first-order valence-corrected chi connectivity index (χ1v) is 5.87. The minimum atomic E-state index is -0.0376. The maximum absolute atomic E-state index is 11.4. The summed E-state index contributed by atoms with van der Waals surface area (Å²) in [5.74, 6) is 2.89. The fourth-order valence-electron chi connectivity index (χ4n) is 1.40. The molecule has 0 bridgehead atoms. The van der Waals surface area contributed by atoms with Crippen LogP contribution in [0.2, 0.25) is 0 Å². The number of carbonyl (C=O) groups excluding carboxylic acids is 1. The lowest BCUT2D eigenvalue weighted by Crippen LogP contribution is -2.40. The fraction of sp³-hybridized carbons (Fsp3) is 0.889. The molecule has 0 saturated carbocycles. The van der Waals surface area contributed by atoms with Gasteiger partial charge in [0.2, 0.25) is 5.91 Å². The Balaban J connectivity index is 2.27. The first kappa shape index (κ1) is 10.9. The Labute approximate surface area is 83.8 Å². The van der Waals surface area contributed by atoms with E-state index in [1.807, 2.05) is 18.7 Å². The van der Waals surface area contributed by atoms with Gasteiger partial charge in [0, 0.05) is 24.3 Å². The van der Waals surface area contributed by atoms with Crippen LogP contribution in [-0.2, 0) is 4.79 Å². The quantitative estimate of drug-likeness (QED) is 0.704. The molecule has 1 fully saturated rings. The maximum atomic E-state index is 11.4. The van der Waals surface area contributed by atoms with Gasteiger partial charge in [0.25, 0.3) is 0 Å². The van der Waals surface area contributed by atoms with Gasteiger partial charge in [-0.1, -0.05) is 6.92 Å². The topological polar surface area (TPSA) is 55.1 Å². The molecule has 1 aliphatic heterocycles. The second-order valence-corrected chi connectivity index (χ2v) is 4.95. The SMILES string of the molecule is CC(N)CC(=O)NC1CSCC1C. The van der Waals surface area contributed by atoms with E-state index < -0.39 is 0 Å². The van der Waals surface area contributed by atoms with Gasteiger partial charge >= 0.3 is 0 Å². The third kappa shape index (κ3) is 3.56. The Hall–Kier alpha value is -0.220. The van der Waals surface area contributed by atoms with Gasteiger partial charge < -0.3 is 11.1 Å². The number of amides is 1. The third-order valence-electron chi connectivity index (χ3n) is 2.22. The number of hydrogen-bond acceptors (Lipinski definition) is 3. The molecule has 76 valence electrons. The second kappa shape index (κ2) is 4.86. The third-order valence-corrected chi connectivity index (χ3v) is 3.58. The molecule has 0 aromatic heterocycles. The molecule has 0 radical (unpaired) electrons. The normalized spacial score (nSPS) is 30.1. The van der Waals surface area contributed by atoms with Crippen LogP contribution >= 0.6 is 11.8 Å². The molecule has 3 unspecified atom stereocenters. The van der Waals surface area contributed by atoms with Crippen LogP contribution in [0, 0.1) is 5.92 Å². The average Bonchev–Trinajstić information content (AvgIpc) is 2.34. The second-order valence-electron chi connectivity index (χ2n) is 3.87. The van der Waals surface area contributed by atoms with E-state index >= 15 is 0 Å². The summed E-state index contributed by atoms with van der Waals surface area (Å²) in [4.78, 5) is 11.4. The van der Waals surface area contributed by atoms with Gasteiger partial charge in [0.1, 0.15) is 0 Å². The van der Waals surface area contributed by atoms with Crippen LogP contribution in [0.15, 0.2) is 0 Å². The Morgan fingerprint density at radius 1 is 1.69 bits per heavy atom. The lowest BCUT2D eigenvalue weighted by molar-refractivity contribution is -0.122. The van der Waals surface area contributed by atoms with Crippen molar-refractivity contribution < 1.29 is 4.79 Å². The molecule has 4 heteroatoms. The number of thioether (sulfide) groups is 1. The standard InChI is InChI=1S/C9H18N2OS/c1-6-4-13-5-8(6)11-9(12)3-7(2)10/h6-8H,3-5,10H2,1-2H3,(H,11,12). The van der Waals surface area contributed by atoms with Crippen molar-refractivity contribution in [1.82, 2.24) is 5.32 Å². The molecule has 1 saturated heterocycles. The zero-order valence-corrected chi connectivity index (χ0v) is 9.06. The van der Waals surface area contributed by atoms with Crippen molar-refractivity contribution >= 4 is 17.7 Å². The van der Waals surface area contributed by atoms with Gasteiger partial charge in [-0.25, -0.2) is 0 Å². The van der Waals surface area contributed by atoms with Gasteiger partial charge in [-0.3, -0.25) is 4.79 Å². The van der Waals surface area contributed by atoms with Crippen LogP contribution in [0.25, 0.3) is 0 Å². The molecule has 3 atom stereocenters. The lowest BCUT2D eigenvalue weighted by atomic mass is 10.1. The summed E-state index contributed by atoms with van der Waals surface area (Å²) >= 11 is 1.91. The van der Waals surface area contributed by atoms with Crippen molar-refractivity contribution in [2.45, 2.75) is 32.4 Å². The van der Waals surface area contributed by atoms with E-state index in [-0.39, 0.29) is 11.9 Å². The van der Waals surface area contributed by atoms with Gasteiger partial charge in [0.15, 0.2) is 0 Å². The summed E-state index contributed by atoms with van der Waals surface area (Å²) in [7, 11) is 0. The molecule has 0 spiro atoms. The summed E-state index contributed by atoms with van der Waals surface area (Å²) in [6.45, 7) is 4.03. The Bertz CT molecular complexity index is 184. The van der Waals surface area contributed by atoms with E-state index in [4.69, 9.17) is 5.73 Å². The number of nitrogens with one attached hydrogen (secondary N) is 1. The smallest absolute Gasteiger partial charge is 0.221 e. The predicted molar refractivity (Wildman–Crippen MR) is 56.7 cm³/mol. The van der Waals surface area contributed by atoms with Gasteiger partial charge in [-0.2, -0.15) is 11.8 Å². The maximum Gasteiger partial charge on any atom is 0.221 e. The van der Waals surface area contributed by atoms with E-state index in [1.165, 1.54) is 0 Å². The first-order valence-electron chi connectivity index (χ1n) is 4.72. The fourth-order valence-corrected chi connectivity index (χ4v) is 2.81. The molecular weight excluding hydrogens is 184 g/mol. The molecule has 3 nitrogen and oxygen atoms in total. The molecule has 0 aromatic carbocycles. The van der Waals surface area contributed by atoms with E-state index in [2.05, 4.69) is 12.2 Å². The molecule has 1 heterocycles. The Morgan fingerprint density at radius 3 is 2.85 bits per heavy atom. The highest BCUT2D eigenvalue weighted by molar-refractivity contribution is 7.99. The monoisotopic (exact) mass is 202 g/mol. The van der Waals surface area contributed by atoms with Crippen LogP contribution < -0.4 is 11.1 Å². The van der Waals surface area contributed by atoms with Crippen LogP contribution in [0.5, 0.6) is 0 Å². The van der Waals surface area contributed by atoms with E-state index in [0.29, 0.717) is 18.4 Å². The summed E-state index contributed by atoms with van der Waals surface area (Å²) in [5.41, 5.74) is 5.54. The van der Waals surface area contributed by atoms with Crippen molar-refractivity contribution in [3.63, 3.8) is 0 Å². The van der Waals surface area contributed by atoms with Gasteiger partial charge in [-0.15, -0.1) is 0 Å². The largest absolute Gasteiger partial charge is 0.352 e. The highest BCUT2D eigenvalue weighted by atomic mass is 32.2. The Kier molecular flexibility index (Phi) is 4.06. The summed E-state index contributed by atoms with van der Waals surface area (Å²) in [5, 5.41) is 3.02. The van der Waals surface area contributed by atoms with Crippen molar-refractivity contribution in [3.8, 4) is 0 Å². The van der Waals surface area contributed by atoms with Crippen molar-refractivity contribution in [2.24, 2.45) is 11.7 Å². The molecule has 1 aliphatic rings. The number of hydrogen-bond donors (Lipinski definition) is 2. The minimum absolute atomic E-state index is 0.0376. The molecular formula is C9H18N2OS. The average molecular weight is 202 g/mol. The van der Waals surface area contributed by atoms with Crippen LogP contribution in [-0.4, -0.2) is 29.5 Å². The van der Waals surface area contributed by atoms with Crippen molar-refractivity contribution in [1.29, 1.82) is 0 Å². The van der Waals surface area contributed by atoms with E-state index in [0.717, 1.165) is 11.5 Å². The first-order chi connectivity index (χ1) is 6.09. The zero-order valence-electron chi connectivity index (χ0n) is 8.25. The highest BCUT2D eigenvalue weighted by Crippen LogP contribution is 2.23. The lowest BCUT2D eigenvalue weighted by Gasteiger charge is -2.16. The summed E-state index contributed by atoms with van der Waals surface area (Å²) in [6.07, 6.45) is 0.438. The van der Waals surface area contributed by atoms with Gasteiger partial charge in [0.05, 0.1) is 0 Å². The van der Waals surface area contributed by atoms with E-state index in [9.17, 15) is 4.79 Å². The molecule has 1 amide bonds. The van der Waals surface area contributed by atoms with Gasteiger partial charge in [-0.05, 0) is 18.6 Å². The summed E-state index contributed by atoms with van der Waals surface area (Å²) < 4.78 is 0. The molecule has 1 rings (SSSR count). The number of nitrogens with two attached hydrogens (primary N) is 1. The molecule has 0 aliphatic carbocycles.